The van der Waals surface area contributed by atoms with Crippen LogP contribution >= 0.6 is 0 Å². The van der Waals surface area contributed by atoms with E-state index in [4.69, 9.17) is 4.74 Å². The van der Waals surface area contributed by atoms with Crippen LogP contribution in [0.5, 0.6) is 0 Å². The van der Waals surface area contributed by atoms with Crippen molar-refractivity contribution in [2.45, 2.75) is 33.9 Å². The van der Waals surface area contributed by atoms with Gasteiger partial charge in [0.2, 0.25) is 0 Å². The summed E-state index contributed by atoms with van der Waals surface area (Å²) < 4.78 is 7.31. The molecule has 0 aromatic carbocycles. The summed E-state index contributed by atoms with van der Waals surface area (Å²) in [4.78, 5) is 21.2. The van der Waals surface area contributed by atoms with Gasteiger partial charge in [0, 0.05) is 63.0 Å². The van der Waals surface area contributed by atoms with Gasteiger partial charge in [-0.2, -0.15) is 0 Å². The predicted molar refractivity (Wildman–Crippen MR) is 103 cm³/mol. The summed E-state index contributed by atoms with van der Waals surface area (Å²) in [6.45, 7) is 12.0. The Labute approximate surface area is 155 Å². The van der Waals surface area contributed by atoms with Gasteiger partial charge in [0.05, 0.1) is 6.61 Å². The molecule has 0 N–H and O–H groups in total. The van der Waals surface area contributed by atoms with E-state index in [9.17, 15) is 4.79 Å². The lowest BCUT2D eigenvalue weighted by atomic mass is 10.2. The number of aryl methyl sites for hydroxylation is 1. The molecule has 140 valence electrons. The Morgan fingerprint density at radius 3 is 2.46 bits per heavy atom. The average molecular weight is 356 g/mol. The van der Waals surface area contributed by atoms with Crippen molar-refractivity contribution in [3.63, 3.8) is 0 Å². The molecule has 0 saturated carbocycles. The standard InChI is InChI=1S/C20H28N4O2/c1-4-24-18(20(25)26-5-2)14-16(3)19(24)15-22-10-12-23(13-11-22)17-6-8-21-9-7-17/h6-9,14H,4-5,10-13,15H2,1-3H3. The van der Waals surface area contributed by atoms with E-state index in [1.165, 1.54) is 11.4 Å². The molecule has 1 aliphatic rings. The molecule has 0 bridgehead atoms. The number of esters is 1. The van der Waals surface area contributed by atoms with Crippen LogP contribution in [0.3, 0.4) is 0 Å². The number of piperazine rings is 1. The number of aromatic nitrogens is 2. The van der Waals surface area contributed by atoms with Gasteiger partial charge in [0.1, 0.15) is 5.69 Å². The molecule has 6 heteroatoms. The Morgan fingerprint density at radius 2 is 1.85 bits per heavy atom. The number of hydrogen-bond donors (Lipinski definition) is 0. The largest absolute Gasteiger partial charge is 0.461 e. The van der Waals surface area contributed by atoms with E-state index in [1.54, 1.807) is 0 Å². The fraction of sp³-hybridized carbons (Fsp3) is 0.500. The molecule has 26 heavy (non-hydrogen) atoms. The van der Waals surface area contributed by atoms with Crippen LogP contribution in [-0.2, 0) is 17.8 Å². The van der Waals surface area contributed by atoms with E-state index in [1.807, 2.05) is 25.4 Å². The van der Waals surface area contributed by atoms with E-state index in [-0.39, 0.29) is 5.97 Å². The second kappa shape index (κ2) is 8.36. The second-order valence-electron chi connectivity index (χ2n) is 6.59. The molecular formula is C20H28N4O2. The Morgan fingerprint density at radius 1 is 1.15 bits per heavy atom. The molecule has 1 saturated heterocycles. The molecule has 2 aromatic heterocycles. The number of anilines is 1. The summed E-state index contributed by atoms with van der Waals surface area (Å²) in [5, 5.41) is 0. The maximum atomic E-state index is 12.2. The molecule has 6 nitrogen and oxygen atoms in total. The Bertz CT molecular complexity index is 734. The number of carbonyl (C=O) groups excluding carboxylic acids is 1. The summed E-state index contributed by atoms with van der Waals surface area (Å²) in [6.07, 6.45) is 3.69. The van der Waals surface area contributed by atoms with E-state index >= 15 is 0 Å². The maximum Gasteiger partial charge on any atom is 0.354 e. The predicted octanol–water partition coefficient (Wildman–Crippen LogP) is 2.71. The van der Waals surface area contributed by atoms with Gasteiger partial charge in [0.15, 0.2) is 0 Å². The molecule has 0 spiro atoms. The normalized spacial score (nSPS) is 15.3. The summed E-state index contributed by atoms with van der Waals surface area (Å²) in [6, 6.07) is 6.09. The molecule has 0 radical (unpaired) electrons. The van der Waals surface area contributed by atoms with Crippen LogP contribution in [0.15, 0.2) is 30.6 Å². The van der Waals surface area contributed by atoms with Gasteiger partial charge in [-0.15, -0.1) is 0 Å². The second-order valence-corrected chi connectivity index (χ2v) is 6.59. The van der Waals surface area contributed by atoms with E-state index in [0.717, 1.165) is 44.8 Å². The van der Waals surface area contributed by atoms with E-state index in [0.29, 0.717) is 12.3 Å². The molecular weight excluding hydrogens is 328 g/mol. The zero-order chi connectivity index (χ0) is 18.5. The number of carbonyl (C=O) groups is 1. The fourth-order valence-electron chi connectivity index (χ4n) is 3.60. The number of nitrogens with zero attached hydrogens (tertiary/aromatic N) is 4. The summed E-state index contributed by atoms with van der Waals surface area (Å²) in [5.74, 6) is -0.230. The van der Waals surface area contributed by atoms with Gasteiger partial charge in [-0.25, -0.2) is 4.79 Å². The summed E-state index contributed by atoms with van der Waals surface area (Å²) >= 11 is 0. The molecule has 0 aliphatic carbocycles. The van der Waals surface area contributed by atoms with Gasteiger partial charge in [0.25, 0.3) is 0 Å². The highest BCUT2D eigenvalue weighted by molar-refractivity contribution is 5.88. The zero-order valence-corrected chi connectivity index (χ0v) is 15.9. The van der Waals surface area contributed by atoms with Crippen molar-refractivity contribution in [1.82, 2.24) is 14.5 Å². The minimum Gasteiger partial charge on any atom is -0.461 e. The van der Waals surface area contributed by atoms with Crippen molar-refractivity contribution >= 4 is 11.7 Å². The van der Waals surface area contributed by atoms with Crippen molar-refractivity contribution in [2.75, 3.05) is 37.7 Å². The van der Waals surface area contributed by atoms with Crippen molar-refractivity contribution in [1.29, 1.82) is 0 Å². The van der Waals surface area contributed by atoms with E-state index < -0.39 is 0 Å². The Hall–Kier alpha value is -2.34. The van der Waals surface area contributed by atoms with Gasteiger partial charge < -0.3 is 14.2 Å². The van der Waals surface area contributed by atoms with Crippen molar-refractivity contribution in [3.8, 4) is 0 Å². The topological polar surface area (TPSA) is 50.6 Å². The Balaban J connectivity index is 1.67. The lowest BCUT2D eigenvalue weighted by molar-refractivity contribution is 0.0513. The quantitative estimate of drug-likeness (QED) is 0.745. The van der Waals surface area contributed by atoms with Gasteiger partial charge in [-0.1, -0.05) is 0 Å². The number of pyridine rings is 1. The van der Waals surface area contributed by atoms with Gasteiger partial charge >= 0.3 is 5.97 Å². The minimum atomic E-state index is -0.230. The summed E-state index contributed by atoms with van der Waals surface area (Å²) in [7, 11) is 0. The molecule has 3 heterocycles. The van der Waals surface area contributed by atoms with Crippen LogP contribution in [0.2, 0.25) is 0 Å². The third-order valence-corrected chi connectivity index (χ3v) is 5.00. The summed E-state index contributed by atoms with van der Waals surface area (Å²) in [5.41, 5.74) is 4.27. The van der Waals surface area contributed by atoms with Crippen LogP contribution in [-0.4, -0.2) is 53.2 Å². The first-order chi connectivity index (χ1) is 12.6. The van der Waals surface area contributed by atoms with Crippen molar-refractivity contribution < 1.29 is 9.53 Å². The minimum absolute atomic E-state index is 0.230. The molecule has 3 rings (SSSR count). The highest BCUT2D eigenvalue weighted by Gasteiger charge is 2.22. The first-order valence-corrected chi connectivity index (χ1v) is 9.37. The van der Waals surface area contributed by atoms with Crippen LogP contribution in [0.25, 0.3) is 0 Å². The molecule has 1 fully saturated rings. The van der Waals surface area contributed by atoms with Crippen LogP contribution in [0.4, 0.5) is 5.69 Å². The highest BCUT2D eigenvalue weighted by Crippen LogP contribution is 2.21. The van der Waals surface area contributed by atoms with E-state index in [2.05, 4.69) is 45.3 Å². The zero-order valence-electron chi connectivity index (χ0n) is 15.9. The number of rotatable bonds is 6. The van der Waals surface area contributed by atoms with Gasteiger partial charge in [-0.3, -0.25) is 9.88 Å². The van der Waals surface area contributed by atoms with Crippen LogP contribution in [0, 0.1) is 6.92 Å². The van der Waals surface area contributed by atoms with Crippen LogP contribution in [0.1, 0.15) is 35.6 Å². The van der Waals surface area contributed by atoms with Crippen LogP contribution < -0.4 is 4.90 Å². The number of hydrogen-bond acceptors (Lipinski definition) is 5. The lowest BCUT2D eigenvalue weighted by Gasteiger charge is -2.36. The maximum absolute atomic E-state index is 12.2. The number of ether oxygens (including phenoxy) is 1. The monoisotopic (exact) mass is 356 g/mol. The molecule has 0 amide bonds. The third-order valence-electron chi connectivity index (χ3n) is 5.00. The lowest BCUT2D eigenvalue weighted by Crippen LogP contribution is -2.46. The first-order valence-electron chi connectivity index (χ1n) is 9.37. The smallest absolute Gasteiger partial charge is 0.354 e. The highest BCUT2D eigenvalue weighted by atomic mass is 16.5. The molecule has 0 atom stereocenters. The SMILES string of the molecule is CCOC(=O)c1cc(C)c(CN2CCN(c3ccncc3)CC2)n1CC. The van der Waals surface area contributed by atoms with Crippen molar-refractivity contribution in [3.05, 3.63) is 47.5 Å². The Kier molecular flexibility index (Phi) is 5.93. The van der Waals surface area contributed by atoms with Gasteiger partial charge in [-0.05, 0) is 44.5 Å². The molecule has 1 aliphatic heterocycles. The molecule has 0 unspecified atom stereocenters. The molecule has 2 aromatic rings. The van der Waals surface area contributed by atoms with Crippen molar-refractivity contribution in [2.24, 2.45) is 0 Å². The average Bonchev–Trinajstić information content (AvgIpc) is 2.99. The first kappa shape index (κ1) is 18.5. The fourth-order valence-corrected chi connectivity index (χ4v) is 3.60. The third kappa shape index (κ3) is 3.90.